The summed E-state index contributed by atoms with van der Waals surface area (Å²) in [7, 11) is 3.95. The predicted octanol–water partition coefficient (Wildman–Crippen LogP) is 4.27. The molecule has 1 saturated heterocycles. The normalized spacial score (nSPS) is 29.5. The van der Waals surface area contributed by atoms with Crippen LogP contribution in [0.3, 0.4) is 0 Å². The molecule has 1 unspecified atom stereocenters. The molecule has 30 heavy (non-hydrogen) atoms. The molecular weight excluding hydrogens is 407 g/mol. The van der Waals surface area contributed by atoms with Crippen LogP contribution in [0.15, 0.2) is 4.99 Å². The van der Waals surface area contributed by atoms with Crippen LogP contribution in [-0.2, 0) is 18.9 Å². The molecule has 6 nitrogen and oxygen atoms in total. The van der Waals surface area contributed by atoms with E-state index >= 15 is 0 Å². The molecule has 176 valence electrons. The van der Waals surface area contributed by atoms with Crippen molar-refractivity contribution < 1.29 is 23.3 Å². The number of halogens is 1. The lowest BCUT2D eigenvalue weighted by Gasteiger charge is -2.44. The summed E-state index contributed by atoms with van der Waals surface area (Å²) < 4.78 is 39.0. The lowest BCUT2D eigenvalue weighted by atomic mass is 9.94. The number of aliphatic imine (C=N–C) groups is 1. The number of amidine groups is 1. The standard InChI is InChI=1S/C22H41FN2O4S/c1-6-9-12-26-16(15-23)18-20(28-14-11-8-3)19(27-13-10-7-2)17-21(29-18)30-22(24-17)25(4)5/h16-21H,6-15H2,1-5H3/t16?,17-,18-,19-,20-,21-/m1/s1. The highest BCUT2D eigenvalue weighted by Crippen LogP contribution is 2.40. The summed E-state index contributed by atoms with van der Waals surface area (Å²) in [5.41, 5.74) is -0.214. The van der Waals surface area contributed by atoms with Crippen LogP contribution in [0.2, 0.25) is 0 Å². The van der Waals surface area contributed by atoms with Crippen LogP contribution in [0.4, 0.5) is 4.39 Å². The Balaban J connectivity index is 2.25. The van der Waals surface area contributed by atoms with Crippen LogP contribution in [0, 0.1) is 0 Å². The fourth-order valence-electron chi connectivity index (χ4n) is 3.58. The van der Waals surface area contributed by atoms with Crippen molar-refractivity contribution in [2.45, 2.75) is 95.2 Å². The van der Waals surface area contributed by atoms with Crippen LogP contribution in [0.25, 0.3) is 0 Å². The molecule has 0 bridgehead atoms. The Morgan fingerprint density at radius 3 is 2.17 bits per heavy atom. The Labute approximate surface area is 186 Å². The minimum atomic E-state index is -0.662. The molecule has 0 aliphatic carbocycles. The van der Waals surface area contributed by atoms with Crippen molar-refractivity contribution in [3.05, 3.63) is 0 Å². The van der Waals surface area contributed by atoms with Gasteiger partial charge in [0.1, 0.15) is 42.6 Å². The summed E-state index contributed by atoms with van der Waals surface area (Å²) >= 11 is 1.58. The minimum absolute atomic E-state index is 0.164. The molecule has 2 rings (SSSR count). The quantitative estimate of drug-likeness (QED) is 0.370. The van der Waals surface area contributed by atoms with Gasteiger partial charge in [0.15, 0.2) is 5.17 Å². The monoisotopic (exact) mass is 448 g/mol. The van der Waals surface area contributed by atoms with Gasteiger partial charge in [0.25, 0.3) is 0 Å². The van der Waals surface area contributed by atoms with Crippen molar-refractivity contribution in [2.75, 3.05) is 40.6 Å². The topological polar surface area (TPSA) is 52.5 Å². The zero-order chi connectivity index (χ0) is 21.9. The average molecular weight is 449 g/mol. The molecule has 1 fully saturated rings. The van der Waals surface area contributed by atoms with Crippen molar-refractivity contribution in [3.63, 3.8) is 0 Å². The van der Waals surface area contributed by atoms with Crippen molar-refractivity contribution >= 4 is 16.9 Å². The third-order valence-electron chi connectivity index (χ3n) is 5.38. The van der Waals surface area contributed by atoms with Crippen LogP contribution in [0.5, 0.6) is 0 Å². The number of alkyl halides is 1. The minimum Gasteiger partial charge on any atom is -0.373 e. The Hall–Kier alpha value is -0.410. The van der Waals surface area contributed by atoms with Crippen LogP contribution >= 0.6 is 11.8 Å². The highest BCUT2D eigenvalue weighted by atomic mass is 32.2. The third kappa shape index (κ3) is 7.05. The lowest BCUT2D eigenvalue weighted by Crippen LogP contribution is -2.61. The zero-order valence-corrected chi connectivity index (χ0v) is 20.2. The van der Waals surface area contributed by atoms with E-state index in [4.69, 9.17) is 23.9 Å². The van der Waals surface area contributed by atoms with E-state index in [1.165, 1.54) is 0 Å². The number of hydrogen-bond acceptors (Lipinski definition) is 7. The van der Waals surface area contributed by atoms with E-state index in [-0.39, 0.29) is 17.6 Å². The van der Waals surface area contributed by atoms with Gasteiger partial charge in [-0.15, -0.1) is 0 Å². The molecule has 2 aliphatic heterocycles. The third-order valence-corrected chi connectivity index (χ3v) is 6.69. The maximum atomic E-state index is 14.1. The molecule has 0 aromatic rings. The molecular formula is C22H41FN2O4S. The number of hydrogen-bond donors (Lipinski definition) is 0. The first-order valence-corrected chi connectivity index (χ1v) is 12.4. The van der Waals surface area contributed by atoms with Crippen molar-refractivity contribution in [1.82, 2.24) is 4.90 Å². The SMILES string of the molecule is CCCCOC(CF)[C@H]1O[C@@H]2SC(N(C)C)=N[C@@H]2[C@@H](OCCCC)[C@@H]1OCCCC. The number of ether oxygens (including phenoxy) is 4. The van der Waals surface area contributed by atoms with Gasteiger partial charge >= 0.3 is 0 Å². The second-order valence-electron chi connectivity index (χ2n) is 8.18. The first-order chi connectivity index (χ1) is 14.6. The molecule has 2 aliphatic rings. The van der Waals surface area contributed by atoms with E-state index in [0.717, 1.165) is 43.7 Å². The summed E-state index contributed by atoms with van der Waals surface area (Å²) in [5, 5.41) is 0.908. The van der Waals surface area contributed by atoms with Gasteiger partial charge in [-0.05, 0) is 19.3 Å². The van der Waals surface area contributed by atoms with Gasteiger partial charge in [-0.2, -0.15) is 0 Å². The van der Waals surface area contributed by atoms with Gasteiger partial charge in [-0.25, -0.2) is 4.39 Å². The second-order valence-corrected chi connectivity index (χ2v) is 9.24. The molecule has 0 radical (unpaired) electrons. The molecule has 0 amide bonds. The molecule has 6 atom stereocenters. The smallest absolute Gasteiger partial charge is 0.161 e. The molecule has 0 N–H and O–H groups in total. The number of unbranched alkanes of at least 4 members (excludes halogenated alkanes) is 3. The van der Waals surface area contributed by atoms with Gasteiger partial charge in [-0.3, -0.25) is 4.99 Å². The van der Waals surface area contributed by atoms with Gasteiger partial charge < -0.3 is 23.8 Å². The fraction of sp³-hybridized carbons (Fsp3) is 0.955. The first-order valence-electron chi connectivity index (χ1n) is 11.5. The summed E-state index contributed by atoms with van der Waals surface area (Å²) in [6.45, 7) is 7.52. The van der Waals surface area contributed by atoms with E-state index in [2.05, 4.69) is 20.8 Å². The highest BCUT2D eigenvalue weighted by Gasteiger charge is 2.53. The van der Waals surface area contributed by atoms with Crippen LogP contribution in [0.1, 0.15) is 59.3 Å². The lowest BCUT2D eigenvalue weighted by molar-refractivity contribution is -0.223. The molecule has 0 spiro atoms. The summed E-state index contributed by atoms with van der Waals surface area (Å²) in [6.07, 6.45) is 4.05. The van der Waals surface area contributed by atoms with Crippen LogP contribution < -0.4 is 0 Å². The number of rotatable bonds is 14. The van der Waals surface area contributed by atoms with Gasteiger partial charge in [-0.1, -0.05) is 51.8 Å². The van der Waals surface area contributed by atoms with Gasteiger partial charge in [0, 0.05) is 33.9 Å². The Morgan fingerprint density at radius 2 is 1.60 bits per heavy atom. The van der Waals surface area contributed by atoms with Gasteiger partial charge in [0.05, 0.1) is 0 Å². The Bertz CT molecular complexity index is 512. The average Bonchev–Trinajstić information content (AvgIpc) is 3.17. The van der Waals surface area contributed by atoms with Gasteiger partial charge in [0.2, 0.25) is 0 Å². The fourth-order valence-corrected chi connectivity index (χ4v) is 4.72. The van der Waals surface area contributed by atoms with E-state index in [1.807, 2.05) is 19.0 Å². The predicted molar refractivity (Wildman–Crippen MR) is 121 cm³/mol. The molecule has 0 aromatic carbocycles. The first kappa shape index (κ1) is 25.8. The van der Waals surface area contributed by atoms with Crippen LogP contribution in [-0.4, -0.2) is 86.6 Å². The zero-order valence-electron chi connectivity index (χ0n) is 19.3. The number of nitrogens with zero attached hydrogens (tertiary/aromatic N) is 2. The maximum Gasteiger partial charge on any atom is 0.161 e. The largest absolute Gasteiger partial charge is 0.373 e. The number of fused-ring (bicyclic) bond motifs is 1. The highest BCUT2D eigenvalue weighted by molar-refractivity contribution is 8.14. The van der Waals surface area contributed by atoms with E-state index in [9.17, 15) is 4.39 Å². The Morgan fingerprint density at radius 1 is 1.00 bits per heavy atom. The summed E-state index contributed by atoms with van der Waals surface area (Å²) in [4.78, 5) is 6.87. The summed E-state index contributed by atoms with van der Waals surface area (Å²) in [5.74, 6) is 0. The van der Waals surface area contributed by atoms with Crippen molar-refractivity contribution in [3.8, 4) is 0 Å². The summed E-state index contributed by atoms with van der Waals surface area (Å²) in [6, 6.07) is -0.164. The molecule has 2 heterocycles. The maximum absolute atomic E-state index is 14.1. The second kappa shape index (κ2) is 13.9. The van der Waals surface area contributed by atoms with E-state index in [1.54, 1.807) is 11.8 Å². The molecule has 0 aromatic heterocycles. The van der Waals surface area contributed by atoms with E-state index in [0.29, 0.717) is 19.8 Å². The molecule has 0 saturated carbocycles. The number of thioether (sulfide) groups is 1. The van der Waals surface area contributed by atoms with E-state index < -0.39 is 25.0 Å². The van der Waals surface area contributed by atoms with Crippen molar-refractivity contribution in [2.24, 2.45) is 4.99 Å². The van der Waals surface area contributed by atoms with Crippen molar-refractivity contribution in [1.29, 1.82) is 0 Å². The molecule has 8 heteroatoms. The Kier molecular flexibility index (Phi) is 12.0.